The summed E-state index contributed by atoms with van der Waals surface area (Å²) in [5.74, 6) is 0.902. The van der Waals surface area contributed by atoms with E-state index in [2.05, 4.69) is 15.2 Å². The average Bonchev–Trinajstić information content (AvgIpc) is 2.57. The summed E-state index contributed by atoms with van der Waals surface area (Å²) in [7, 11) is -3.06. The summed E-state index contributed by atoms with van der Waals surface area (Å²) < 4.78 is 29.8. The van der Waals surface area contributed by atoms with Gasteiger partial charge in [0.15, 0.2) is 5.96 Å². The minimum absolute atomic E-state index is 0.414. The highest BCUT2D eigenvalue weighted by molar-refractivity contribution is 7.88. The number of aliphatic imine (C=N–C) groups is 1. The van der Waals surface area contributed by atoms with Gasteiger partial charge in [-0.05, 0) is 31.7 Å². The fraction of sp³-hybridized carbons (Fsp3) is 0.933. The molecule has 0 aliphatic carbocycles. The molecule has 0 saturated carbocycles. The largest absolute Gasteiger partial charge is 0.379 e. The lowest BCUT2D eigenvalue weighted by Gasteiger charge is -2.29. The molecule has 24 heavy (non-hydrogen) atoms. The van der Waals surface area contributed by atoms with Gasteiger partial charge in [-0.15, -0.1) is 0 Å². The Hall–Kier alpha value is -0.900. The third kappa shape index (κ3) is 6.92. The van der Waals surface area contributed by atoms with Crippen molar-refractivity contribution < 1.29 is 13.2 Å². The Morgan fingerprint density at radius 2 is 1.92 bits per heavy atom. The molecule has 0 atom stereocenters. The van der Waals surface area contributed by atoms with Gasteiger partial charge in [-0.3, -0.25) is 9.89 Å². The van der Waals surface area contributed by atoms with Gasteiger partial charge in [0, 0.05) is 39.3 Å². The molecule has 0 aromatic carbocycles. The first-order chi connectivity index (χ1) is 11.4. The Balaban J connectivity index is 1.57. The van der Waals surface area contributed by atoms with Gasteiger partial charge in [-0.1, -0.05) is 0 Å². The molecule has 8 nitrogen and oxygen atoms in total. The van der Waals surface area contributed by atoms with Crippen LogP contribution in [0.1, 0.15) is 19.3 Å². The monoisotopic (exact) mass is 361 g/mol. The molecule has 2 rings (SSSR count). The smallest absolute Gasteiger partial charge is 0.211 e. The predicted molar refractivity (Wildman–Crippen MR) is 95.5 cm³/mol. The van der Waals surface area contributed by atoms with E-state index in [9.17, 15) is 8.42 Å². The fourth-order valence-electron chi connectivity index (χ4n) is 3.05. The number of rotatable bonds is 7. The molecule has 2 aliphatic heterocycles. The van der Waals surface area contributed by atoms with E-state index in [1.807, 2.05) is 0 Å². The van der Waals surface area contributed by atoms with Crippen LogP contribution in [0.25, 0.3) is 0 Å². The second kappa shape index (κ2) is 9.55. The molecule has 0 spiro atoms. The molecule has 0 bridgehead atoms. The maximum Gasteiger partial charge on any atom is 0.211 e. The molecule has 3 N–H and O–H groups in total. The van der Waals surface area contributed by atoms with Crippen LogP contribution in [0.3, 0.4) is 0 Å². The molecule has 0 aromatic rings. The molecule has 2 fully saturated rings. The van der Waals surface area contributed by atoms with Gasteiger partial charge in [-0.25, -0.2) is 12.7 Å². The lowest BCUT2D eigenvalue weighted by molar-refractivity contribution is 0.0376. The van der Waals surface area contributed by atoms with Gasteiger partial charge in [0.05, 0.1) is 19.5 Å². The number of hydrogen-bond acceptors (Lipinski definition) is 5. The first-order valence-electron chi connectivity index (χ1n) is 8.74. The third-order valence-corrected chi connectivity index (χ3v) is 5.93. The topological polar surface area (TPSA) is 100 Å². The first-order valence-corrected chi connectivity index (χ1v) is 10.6. The molecule has 0 unspecified atom stereocenters. The Morgan fingerprint density at radius 1 is 1.25 bits per heavy atom. The maximum atomic E-state index is 11.5. The molecule has 2 heterocycles. The number of guanidine groups is 1. The van der Waals surface area contributed by atoms with Gasteiger partial charge in [-0.2, -0.15) is 0 Å². The number of hydrogen-bond donors (Lipinski definition) is 2. The van der Waals surface area contributed by atoms with Gasteiger partial charge in [0.2, 0.25) is 10.0 Å². The summed E-state index contributed by atoms with van der Waals surface area (Å²) in [6.07, 6.45) is 4.00. The number of piperidine rings is 1. The summed E-state index contributed by atoms with van der Waals surface area (Å²) in [6, 6.07) is 0. The number of nitrogens with one attached hydrogen (secondary N) is 1. The van der Waals surface area contributed by atoms with E-state index in [0.29, 0.717) is 31.5 Å². The Morgan fingerprint density at radius 3 is 2.54 bits per heavy atom. The van der Waals surface area contributed by atoms with Crippen molar-refractivity contribution in [3.63, 3.8) is 0 Å². The van der Waals surface area contributed by atoms with E-state index in [0.717, 1.165) is 58.7 Å². The number of morpholine rings is 1. The zero-order chi connectivity index (χ0) is 17.4. The molecular weight excluding hydrogens is 330 g/mol. The van der Waals surface area contributed by atoms with E-state index < -0.39 is 10.0 Å². The van der Waals surface area contributed by atoms with Crippen LogP contribution in [-0.4, -0.2) is 88.9 Å². The molecule has 9 heteroatoms. The quantitative estimate of drug-likeness (QED) is 0.353. The summed E-state index contributed by atoms with van der Waals surface area (Å²) in [5.41, 5.74) is 5.91. The summed E-state index contributed by atoms with van der Waals surface area (Å²) in [4.78, 5) is 6.80. The van der Waals surface area contributed by atoms with Crippen LogP contribution in [0, 0.1) is 5.92 Å². The third-order valence-electron chi connectivity index (χ3n) is 4.62. The van der Waals surface area contributed by atoms with Crippen LogP contribution in [0.5, 0.6) is 0 Å². The van der Waals surface area contributed by atoms with Crippen LogP contribution < -0.4 is 11.1 Å². The van der Waals surface area contributed by atoms with Gasteiger partial charge in [0.1, 0.15) is 0 Å². The van der Waals surface area contributed by atoms with Crippen molar-refractivity contribution >= 4 is 16.0 Å². The summed E-state index contributed by atoms with van der Waals surface area (Å²) in [6.45, 7) is 7.39. The van der Waals surface area contributed by atoms with E-state index in [1.165, 1.54) is 6.26 Å². The molecule has 0 amide bonds. The SMILES string of the molecule is CS(=O)(=O)N1CCC(CN=C(N)NCCCN2CCOCC2)CC1. The molecular formula is C15H31N5O3S. The number of nitrogens with two attached hydrogens (primary N) is 1. The van der Waals surface area contributed by atoms with E-state index in [4.69, 9.17) is 10.5 Å². The minimum atomic E-state index is -3.06. The summed E-state index contributed by atoms with van der Waals surface area (Å²) >= 11 is 0. The highest BCUT2D eigenvalue weighted by Gasteiger charge is 2.24. The first kappa shape index (κ1) is 19.4. The van der Waals surface area contributed by atoms with Crippen LogP contribution in [-0.2, 0) is 14.8 Å². The van der Waals surface area contributed by atoms with Gasteiger partial charge >= 0.3 is 0 Å². The Labute approximate surface area is 145 Å². The van der Waals surface area contributed by atoms with Crippen molar-refractivity contribution in [2.24, 2.45) is 16.6 Å². The standard InChI is InChI=1S/C15H31N5O3S/c1-24(21,22)20-7-3-14(4-8-20)13-18-15(16)17-5-2-6-19-9-11-23-12-10-19/h14H,2-13H2,1H3,(H3,16,17,18). The number of nitrogens with zero attached hydrogens (tertiary/aromatic N) is 3. The molecule has 0 aromatic heterocycles. The fourth-order valence-corrected chi connectivity index (χ4v) is 3.92. The molecule has 2 saturated heterocycles. The second-order valence-electron chi connectivity index (χ2n) is 6.57. The normalized spacial score (nSPS) is 22.6. The summed E-state index contributed by atoms with van der Waals surface area (Å²) in [5, 5.41) is 3.16. The van der Waals surface area contributed by atoms with E-state index in [1.54, 1.807) is 4.31 Å². The van der Waals surface area contributed by atoms with Crippen LogP contribution in [0.15, 0.2) is 4.99 Å². The number of ether oxygens (including phenoxy) is 1. The molecule has 0 radical (unpaired) electrons. The molecule has 2 aliphatic rings. The van der Waals surface area contributed by atoms with Crippen molar-refractivity contribution in [3.8, 4) is 0 Å². The lowest BCUT2D eigenvalue weighted by Crippen LogP contribution is -2.40. The van der Waals surface area contributed by atoms with Crippen molar-refractivity contribution in [1.29, 1.82) is 0 Å². The van der Waals surface area contributed by atoms with Crippen LogP contribution in [0.2, 0.25) is 0 Å². The maximum absolute atomic E-state index is 11.5. The Kier molecular flexibility index (Phi) is 7.73. The second-order valence-corrected chi connectivity index (χ2v) is 8.55. The lowest BCUT2D eigenvalue weighted by atomic mass is 9.98. The van der Waals surface area contributed by atoms with Crippen molar-refractivity contribution in [3.05, 3.63) is 0 Å². The predicted octanol–water partition coefficient (Wildman–Crippen LogP) is -0.715. The van der Waals surface area contributed by atoms with Gasteiger partial charge in [0.25, 0.3) is 0 Å². The van der Waals surface area contributed by atoms with E-state index >= 15 is 0 Å². The van der Waals surface area contributed by atoms with Crippen molar-refractivity contribution in [2.45, 2.75) is 19.3 Å². The van der Waals surface area contributed by atoms with Crippen molar-refractivity contribution in [2.75, 3.05) is 65.3 Å². The highest BCUT2D eigenvalue weighted by atomic mass is 32.2. The minimum Gasteiger partial charge on any atom is -0.379 e. The molecule has 140 valence electrons. The van der Waals surface area contributed by atoms with Crippen LogP contribution >= 0.6 is 0 Å². The number of sulfonamides is 1. The van der Waals surface area contributed by atoms with E-state index in [-0.39, 0.29) is 0 Å². The van der Waals surface area contributed by atoms with Gasteiger partial charge < -0.3 is 15.8 Å². The van der Waals surface area contributed by atoms with Crippen LogP contribution in [0.4, 0.5) is 0 Å². The average molecular weight is 362 g/mol. The highest BCUT2D eigenvalue weighted by Crippen LogP contribution is 2.19. The Bertz CT molecular complexity index is 497. The zero-order valence-electron chi connectivity index (χ0n) is 14.6. The van der Waals surface area contributed by atoms with Crippen molar-refractivity contribution in [1.82, 2.24) is 14.5 Å². The zero-order valence-corrected chi connectivity index (χ0v) is 15.4.